The van der Waals surface area contributed by atoms with Crippen LogP contribution in [0, 0.1) is 18.3 Å². The van der Waals surface area contributed by atoms with Crippen LogP contribution in [0.4, 0.5) is 5.82 Å². The number of allylic oxidation sites excluding steroid dienone is 2. The van der Waals surface area contributed by atoms with Crippen LogP contribution in [0.2, 0.25) is 0 Å². The summed E-state index contributed by atoms with van der Waals surface area (Å²) < 4.78 is 5.31. The molecule has 0 saturated carbocycles. The van der Waals surface area contributed by atoms with Crippen LogP contribution in [0.25, 0.3) is 0 Å². The molecular formula is C26H29N3O3. The number of hydrogen-bond acceptors (Lipinski definition) is 5. The van der Waals surface area contributed by atoms with E-state index < -0.39 is 11.8 Å². The number of ether oxygens (including phenoxy) is 1. The zero-order chi connectivity index (χ0) is 23.0. The van der Waals surface area contributed by atoms with Gasteiger partial charge in [0, 0.05) is 35.0 Å². The first-order valence-corrected chi connectivity index (χ1v) is 10.9. The van der Waals surface area contributed by atoms with Gasteiger partial charge in [-0.2, -0.15) is 0 Å². The molecule has 0 fully saturated rings. The Hall–Kier alpha value is -3.28. The summed E-state index contributed by atoms with van der Waals surface area (Å²) in [5.74, 6) is 0.0722. The van der Waals surface area contributed by atoms with Gasteiger partial charge in [0.05, 0.1) is 13.0 Å². The standard InChI is InChI=1S/C26H29N3O3/c1-15-7-6-8-21(27-15)29-25(31)22-16(2)28-19-13-26(3,4)14-20(30)24(19)23(22)17-9-11-18(32-5)12-10-17/h6-12,22-23H,13-14H2,1-5H3,(H,27,29,31)/t22?,23-/m0/s1. The molecule has 1 aromatic heterocycles. The number of aliphatic imine (C=N–C) groups is 1. The van der Waals surface area contributed by atoms with Gasteiger partial charge in [-0.1, -0.05) is 32.0 Å². The lowest BCUT2D eigenvalue weighted by molar-refractivity contribution is -0.119. The van der Waals surface area contributed by atoms with E-state index in [1.54, 1.807) is 13.2 Å². The number of hydrogen-bond donors (Lipinski definition) is 1. The molecule has 32 heavy (non-hydrogen) atoms. The number of anilines is 1. The van der Waals surface area contributed by atoms with Crippen molar-refractivity contribution in [2.45, 2.75) is 46.5 Å². The van der Waals surface area contributed by atoms with Gasteiger partial charge >= 0.3 is 0 Å². The van der Waals surface area contributed by atoms with Gasteiger partial charge < -0.3 is 10.1 Å². The highest BCUT2D eigenvalue weighted by Crippen LogP contribution is 2.48. The van der Waals surface area contributed by atoms with Gasteiger partial charge in [0.15, 0.2) is 5.78 Å². The average Bonchev–Trinajstić information content (AvgIpc) is 2.71. The molecule has 0 bridgehead atoms. The van der Waals surface area contributed by atoms with Gasteiger partial charge in [0.2, 0.25) is 5.91 Å². The first kappa shape index (κ1) is 21.9. The molecule has 0 saturated heterocycles. The molecule has 2 aromatic rings. The second-order valence-electron chi connectivity index (χ2n) is 9.44. The number of aromatic nitrogens is 1. The van der Waals surface area contributed by atoms with Gasteiger partial charge in [-0.3, -0.25) is 14.6 Å². The molecule has 1 N–H and O–H groups in total. The number of nitrogens with one attached hydrogen (secondary N) is 1. The largest absolute Gasteiger partial charge is 0.497 e. The summed E-state index contributed by atoms with van der Waals surface area (Å²) in [4.78, 5) is 36.0. The van der Waals surface area contributed by atoms with Crippen molar-refractivity contribution in [3.8, 4) is 5.75 Å². The highest BCUT2D eigenvalue weighted by Gasteiger charge is 2.45. The summed E-state index contributed by atoms with van der Waals surface area (Å²) in [5.41, 5.74) is 3.75. The third-order valence-corrected chi connectivity index (χ3v) is 6.20. The third-order valence-electron chi connectivity index (χ3n) is 6.20. The topological polar surface area (TPSA) is 80.6 Å². The van der Waals surface area contributed by atoms with E-state index in [1.807, 2.05) is 50.2 Å². The maximum Gasteiger partial charge on any atom is 0.235 e. The third kappa shape index (κ3) is 4.22. The molecular weight excluding hydrogens is 402 g/mol. The summed E-state index contributed by atoms with van der Waals surface area (Å²) >= 11 is 0. The van der Waals surface area contributed by atoms with Crippen molar-refractivity contribution in [2.24, 2.45) is 16.3 Å². The van der Waals surface area contributed by atoms with Gasteiger partial charge in [0.1, 0.15) is 11.6 Å². The Morgan fingerprint density at radius 3 is 2.47 bits per heavy atom. The van der Waals surface area contributed by atoms with E-state index in [2.05, 4.69) is 24.1 Å². The Morgan fingerprint density at radius 2 is 1.81 bits per heavy atom. The van der Waals surface area contributed by atoms with Crippen molar-refractivity contribution in [3.63, 3.8) is 0 Å². The maximum absolute atomic E-state index is 13.5. The number of carbonyl (C=O) groups excluding carboxylic acids is 2. The van der Waals surface area contributed by atoms with Gasteiger partial charge in [0.25, 0.3) is 0 Å². The van der Waals surface area contributed by atoms with E-state index in [9.17, 15) is 9.59 Å². The van der Waals surface area contributed by atoms with Gasteiger partial charge in [-0.05, 0) is 55.5 Å². The zero-order valence-corrected chi connectivity index (χ0v) is 19.2. The fourth-order valence-corrected chi connectivity index (χ4v) is 4.77. The van der Waals surface area contributed by atoms with Crippen LogP contribution in [0.3, 0.4) is 0 Å². The number of amides is 1. The second-order valence-corrected chi connectivity index (χ2v) is 9.44. The van der Waals surface area contributed by atoms with Crippen LogP contribution in [0.1, 0.15) is 50.8 Å². The average molecular weight is 432 g/mol. The van der Waals surface area contributed by atoms with Crippen molar-refractivity contribution in [3.05, 3.63) is 65.0 Å². The monoisotopic (exact) mass is 431 g/mol. The minimum absolute atomic E-state index is 0.0693. The first-order chi connectivity index (χ1) is 15.2. The fourth-order valence-electron chi connectivity index (χ4n) is 4.77. The van der Waals surface area contributed by atoms with Crippen molar-refractivity contribution in [1.29, 1.82) is 0 Å². The van der Waals surface area contributed by atoms with Crippen LogP contribution < -0.4 is 10.1 Å². The number of methoxy groups -OCH3 is 1. The predicted molar refractivity (Wildman–Crippen MR) is 125 cm³/mol. The molecule has 2 aliphatic rings. The van der Waals surface area contributed by atoms with E-state index >= 15 is 0 Å². The number of pyridine rings is 1. The summed E-state index contributed by atoms with van der Waals surface area (Å²) in [6, 6.07) is 13.1. The lowest BCUT2D eigenvalue weighted by Crippen LogP contribution is -2.41. The van der Waals surface area contributed by atoms with Crippen molar-refractivity contribution in [1.82, 2.24) is 4.98 Å². The molecule has 166 valence electrons. The first-order valence-electron chi connectivity index (χ1n) is 10.9. The highest BCUT2D eigenvalue weighted by atomic mass is 16.5. The molecule has 0 spiro atoms. The fraction of sp³-hybridized carbons (Fsp3) is 0.385. The summed E-state index contributed by atoms with van der Waals surface area (Å²) in [5, 5.41) is 2.94. The summed E-state index contributed by atoms with van der Waals surface area (Å²) in [6.07, 6.45) is 1.16. The van der Waals surface area contributed by atoms with Gasteiger partial charge in [-0.25, -0.2) is 4.98 Å². The normalized spacial score (nSPS) is 22.2. The molecule has 4 rings (SSSR count). The molecule has 2 heterocycles. The smallest absolute Gasteiger partial charge is 0.235 e. The van der Waals surface area contributed by atoms with E-state index in [0.717, 1.165) is 22.7 Å². The molecule has 2 atom stereocenters. The summed E-state index contributed by atoms with van der Waals surface area (Å²) in [6.45, 7) is 7.93. The Labute approximate surface area is 188 Å². The SMILES string of the molecule is COc1ccc([C@@H]2C3=C(CC(C)(C)CC3=O)N=C(C)C2C(=O)Nc2cccc(C)n2)cc1. The van der Waals surface area contributed by atoms with Crippen LogP contribution >= 0.6 is 0 Å². The Balaban J connectivity index is 1.79. The Bertz CT molecular complexity index is 1130. The highest BCUT2D eigenvalue weighted by molar-refractivity contribution is 6.13. The van der Waals surface area contributed by atoms with Crippen LogP contribution in [0.15, 0.2) is 58.7 Å². The lowest BCUT2D eigenvalue weighted by atomic mass is 9.66. The number of aryl methyl sites for hydroxylation is 1. The van der Waals surface area contributed by atoms with Crippen LogP contribution in [0.5, 0.6) is 5.75 Å². The van der Waals surface area contributed by atoms with Crippen molar-refractivity contribution < 1.29 is 14.3 Å². The Morgan fingerprint density at radius 1 is 1.09 bits per heavy atom. The van der Waals surface area contributed by atoms with E-state index in [4.69, 9.17) is 9.73 Å². The van der Waals surface area contributed by atoms with E-state index in [1.165, 1.54) is 0 Å². The summed E-state index contributed by atoms with van der Waals surface area (Å²) in [7, 11) is 1.62. The molecule has 1 aliphatic carbocycles. The second kappa shape index (κ2) is 8.34. The number of Topliss-reactive ketones (excluding diaryl/α,β-unsaturated/α-hetero) is 1. The Kier molecular flexibility index (Phi) is 5.71. The number of rotatable bonds is 4. The minimum atomic E-state index is -0.602. The number of benzene rings is 1. The molecule has 1 unspecified atom stereocenters. The zero-order valence-electron chi connectivity index (χ0n) is 19.2. The maximum atomic E-state index is 13.5. The lowest BCUT2D eigenvalue weighted by Gasteiger charge is -2.39. The quantitative estimate of drug-likeness (QED) is 0.750. The molecule has 0 radical (unpaired) electrons. The van der Waals surface area contributed by atoms with Crippen LogP contribution in [-0.2, 0) is 9.59 Å². The van der Waals surface area contributed by atoms with Crippen molar-refractivity contribution >= 4 is 23.2 Å². The number of nitrogens with zero attached hydrogens (tertiary/aromatic N) is 2. The van der Waals surface area contributed by atoms with E-state index in [-0.39, 0.29) is 17.1 Å². The number of carbonyl (C=O) groups is 2. The molecule has 1 aromatic carbocycles. The molecule has 6 heteroatoms. The molecule has 6 nitrogen and oxygen atoms in total. The number of ketones is 1. The molecule has 1 amide bonds. The van der Waals surface area contributed by atoms with E-state index in [0.29, 0.717) is 29.9 Å². The predicted octanol–water partition coefficient (Wildman–Crippen LogP) is 4.85. The molecule has 1 aliphatic heterocycles. The van der Waals surface area contributed by atoms with Crippen LogP contribution in [-0.4, -0.2) is 29.5 Å². The van der Waals surface area contributed by atoms with Crippen molar-refractivity contribution in [2.75, 3.05) is 12.4 Å². The van der Waals surface area contributed by atoms with Gasteiger partial charge in [-0.15, -0.1) is 0 Å². The minimum Gasteiger partial charge on any atom is -0.497 e.